The van der Waals surface area contributed by atoms with Crippen LogP contribution >= 0.6 is 0 Å². The Morgan fingerprint density at radius 2 is 2.04 bits per heavy atom. The van der Waals surface area contributed by atoms with Crippen LogP contribution in [-0.2, 0) is 4.79 Å². The maximum Gasteiger partial charge on any atom is 0.356 e. The lowest BCUT2D eigenvalue weighted by molar-refractivity contribution is -0.117. The van der Waals surface area contributed by atoms with Gasteiger partial charge in [-0.15, -0.1) is 0 Å². The Morgan fingerprint density at radius 1 is 1.20 bits per heavy atom. The molecule has 0 aliphatic heterocycles. The second-order valence-electron chi connectivity index (χ2n) is 5.92. The summed E-state index contributed by atoms with van der Waals surface area (Å²) in [6, 6.07) is 12.2. The van der Waals surface area contributed by atoms with Crippen LogP contribution in [0, 0.1) is 5.92 Å². The fourth-order valence-electron chi connectivity index (χ4n) is 2.88. The summed E-state index contributed by atoms with van der Waals surface area (Å²) in [6.45, 7) is 0. The molecule has 0 saturated heterocycles. The Morgan fingerprint density at radius 3 is 2.76 bits per heavy atom. The second kappa shape index (κ2) is 5.94. The number of carbonyl (C=O) groups is 2. The second-order valence-corrected chi connectivity index (χ2v) is 5.92. The van der Waals surface area contributed by atoms with Crippen LogP contribution in [0.25, 0.3) is 5.69 Å². The van der Waals surface area contributed by atoms with Crippen molar-refractivity contribution in [2.75, 3.05) is 5.32 Å². The van der Waals surface area contributed by atoms with Gasteiger partial charge in [0.1, 0.15) is 5.76 Å². The van der Waals surface area contributed by atoms with Gasteiger partial charge in [0.05, 0.1) is 17.6 Å². The Bertz CT molecular complexity index is 929. The third-order valence-electron chi connectivity index (χ3n) is 4.25. The number of anilines is 1. The molecular formula is C18H15N3O4. The Hall–Kier alpha value is -3.35. The van der Waals surface area contributed by atoms with E-state index in [0.29, 0.717) is 11.4 Å². The van der Waals surface area contributed by atoms with Crippen LogP contribution in [0.4, 0.5) is 5.69 Å². The number of carboxylic acids is 1. The van der Waals surface area contributed by atoms with Crippen molar-refractivity contribution >= 4 is 17.6 Å². The molecule has 1 aliphatic carbocycles. The predicted octanol–water partition coefficient (Wildman–Crippen LogP) is 2.91. The fourth-order valence-corrected chi connectivity index (χ4v) is 2.88. The summed E-state index contributed by atoms with van der Waals surface area (Å²) in [6.07, 6.45) is 3.92. The molecule has 2 N–H and O–H groups in total. The van der Waals surface area contributed by atoms with Gasteiger partial charge in [-0.3, -0.25) is 4.79 Å². The van der Waals surface area contributed by atoms with Gasteiger partial charge in [-0.2, -0.15) is 5.10 Å². The summed E-state index contributed by atoms with van der Waals surface area (Å²) >= 11 is 0. The van der Waals surface area contributed by atoms with Crippen LogP contribution in [-0.4, -0.2) is 26.8 Å². The average molecular weight is 337 g/mol. The summed E-state index contributed by atoms with van der Waals surface area (Å²) in [5.74, 6) is -0.359. The number of furan rings is 1. The van der Waals surface area contributed by atoms with E-state index in [1.807, 2.05) is 12.1 Å². The quantitative estimate of drug-likeness (QED) is 0.746. The van der Waals surface area contributed by atoms with E-state index in [0.717, 1.165) is 12.2 Å². The van der Waals surface area contributed by atoms with Gasteiger partial charge in [0.2, 0.25) is 5.91 Å². The number of nitrogens with zero attached hydrogens (tertiary/aromatic N) is 2. The van der Waals surface area contributed by atoms with Gasteiger partial charge in [0.15, 0.2) is 5.69 Å². The Labute approximate surface area is 142 Å². The van der Waals surface area contributed by atoms with Gasteiger partial charge in [-0.05, 0) is 36.8 Å². The first-order valence-electron chi connectivity index (χ1n) is 7.86. The van der Waals surface area contributed by atoms with E-state index in [2.05, 4.69) is 10.4 Å². The molecule has 2 heterocycles. The number of amides is 1. The molecule has 0 spiro atoms. The summed E-state index contributed by atoms with van der Waals surface area (Å²) in [5, 5.41) is 15.9. The van der Waals surface area contributed by atoms with Crippen molar-refractivity contribution in [2.24, 2.45) is 5.92 Å². The molecule has 7 heteroatoms. The molecule has 3 aromatic rings. The number of nitrogens with one attached hydrogen (secondary N) is 1. The maximum atomic E-state index is 12.5. The van der Waals surface area contributed by atoms with Gasteiger partial charge in [-0.25, -0.2) is 9.48 Å². The number of hydrogen-bond acceptors (Lipinski definition) is 4. The molecule has 0 bridgehead atoms. The molecule has 0 radical (unpaired) electrons. The van der Waals surface area contributed by atoms with E-state index in [1.165, 1.54) is 10.7 Å². The van der Waals surface area contributed by atoms with Crippen LogP contribution in [0.15, 0.2) is 59.3 Å². The lowest BCUT2D eigenvalue weighted by atomic mass is 10.2. The molecule has 4 rings (SSSR count). The Balaban J connectivity index is 1.53. The minimum absolute atomic E-state index is 0.0544. The van der Waals surface area contributed by atoms with Gasteiger partial charge in [0.25, 0.3) is 0 Å². The first-order chi connectivity index (χ1) is 12.1. The minimum atomic E-state index is -1.10. The van der Waals surface area contributed by atoms with Crippen molar-refractivity contribution in [1.29, 1.82) is 0 Å². The Kier molecular flexibility index (Phi) is 3.61. The lowest BCUT2D eigenvalue weighted by Gasteiger charge is -2.11. The molecule has 7 nitrogen and oxygen atoms in total. The summed E-state index contributed by atoms with van der Waals surface area (Å²) < 4.78 is 6.80. The van der Waals surface area contributed by atoms with Crippen LogP contribution in [0.5, 0.6) is 0 Å². The molecule has 25 heavy (non-hydrogen) atoms. The van der Waals surface area contributed by atoms with Crippen molar-refractivity contribution in [1.82, 2.24) is 9.78 Å². The summed E-state index contributed by atoms with van der Waals surface area (Å²) in [7, 11) is 0. The highest BCUT2D eigenvalue weighted by Gasteiger charge is 2.45. The van der Waals surface area contributed by atoms with E-state index < -0.39 is 5.97 Å². The van der Waals surface area contributed by atoms with E-state index in [-0.39, 0.29) is 23.4 Å². The van der Waals surface area contributed by atoms with E-state index >= 15 is 0 Å². The number of para-hydroxylation sites is 2. The first kappa shape index (κ1) is 15.2. The van der Waals surface area contributed by atoms with Crippen LogP contribution < -0.4 is 5.32 Å². The van der Waals surface area contributed by atoms with Crippen LogP contribution in [0.1, 0.15) is 28.6 Å². The molecule has 1 aromatic carbocycles. The standard InChI is InChI=1S/C18H15N3O4/c22-17(12-10-11(12)16-6-3-9-25-16)19-13-4-1-2-5-15(13)21-8-7-14(20-21)18(23)24/h1-9,11-12H,10H2,(H,19,22)(H,23,24)/t11-,12-/m0/s1. The zero-order valence-electron chi connectivity index (χ0n) is 13.1. The highest BCUT2D eigenvalue weighted by atomic mass is 16.4. The number of carboxylic acid groups (broad SMARTS) is 1. The third-order valence-corrected chi connectivity index (χ3v) is 4.25. The number of aromatic nitrogens is 2. The van der Waals surface area contributed by atoms with Crippen molar-refractivity contribution in [3.05, 3.63) is 66.4 Å². The minimum Gasteiger partial charge on any atom is -0.476 e. The van der Waals surface area contributed by atoms with Crippen molar-refractivity contribution in [2.45, 2.75) is 12.3 Å². The largest absolute Gasteiger partial charge is 0.476 e. The SMILES string of the molecule is O=C(O)c1ccn(-c2ccccc2NC(=O)[C@H]2C[C@@H]2c2ccco2)n1. The maximum absolute atomic E-state index is 12.5. The predicted molar refractivity (Wildman–Crippen MR) is 88.7 cm³/mol. The number of hydrogen-bond donors (Lipinski definition) is 2. The topological polar surface area (TPSA) is 97.4 Å². The van der Waals surface area contributed by atoms with E-state index in [9.17, 15) is 9.59 Å². The number of rotatable bonds is 5. The zero-order valence-corrected chi connectivity index (χ0v) is 13.1. The monoisotopic (exact) mass is 337 g/mol. The van der Waals surface area contributed by atoms with E-state index in [4.69, 9.17) is 9.52 Å². The van der Waals surface area contributed by atoms with Crippen LogP contribution in [0.3, 0.4) is 0 Å². The normalized spacial score (nSPS) is 18.7. The smallest absolute Gasteiger partial charge is 0.356 e. The molecule has 0 unspecified atom stereocenters. The summed E-state index contributed by atoms with van der Waals surface area (Å²) in [5.41, 5.74) is 1.14. The molecule has 1 aliphatic rings. The molecule has 1 fully saturated rings. The van der Waals surface area contributed by atoms with Gasteiger partial charge in [0, 0.05) is 18.0 Å². The first-order valence-corrected chi connectivity index (χ1v) is 7.86. The van der Waals surface area contributed by atoms with Crippen LogP contribution in [0.2, 0.25) is 0 Å². The van der Waals surface area contributed by atoms with E-state index in [1.54, 1.807) is 36.7 Å². The lowest BCUT2D eigenvalue weighted by Crippen LogP contribution is -2.16. The molecule has 126 valence electrons. The average Bonchev–Trinajstić information content (AvgIpc) is 3.02. The third kappa shape index (κ3) is 2.91. The van der Waals surface area contributed by atoms with Gasteiger partial charge < -0.3 is 14.8 Å². The van der Waals surface area contributed by atoms with Crippen molar-refractivity contribution < 1.29 is 19.1 Å². The molecular weight excluding hydrogens is 322 g/mol. The number of carbonyl (C=O) groups excluding carboxylic acids is 1. The highest BCUT2D eigenvalue weighted by molar-refractivity contribution is 5.96. The zero-order chi connectivity index (χ0) is 17.4. The molecule has 2 aromatic heterocycles. The van der Waals surface area contributed by atoms with Gasteiger partial charge in [-0.1, -0.05) is 12.1 Å². The van der Waals surface area contributed by atoms with Gasteiger partial charge >= 0.3 is 5.97 Å². The fraction of sp³-hybridized carbons (Fsp3) is 0.167. The highest BCUT2D eigenvalue weighted by Crippen LogP contribution is 2.48. The molecule has 1 amide bonds. The number of aromatic carboxylic acids is 1. The summed E-state index contributed by atoms with van der Waals surface area (Å²) in [4.78, 5) is 23.5. The molecule has 1 saturated carbocycles. The number of benzene rings is 1. The van der Waals surface area contributed by atoms with Crippen molar-refractivity contribution in [3.8, 4) is 5.69 Å². The van der Waals surface area contributed by atoms with Crippen molar-refractivity contribution in [3.63, 3.8) is 0 Å². The molecule has 2 atom stereocenters.